The number of rotatable bonds is 7. The van der Waals surface area contributed by atoms with Crippen LogP contribution in [0.4, 0.5) is 0 Å². The lowest BCUT2D eigenvalue weighted by atomic mass is 10.1. The predicted molar refractivity (Wildman–Crippen MR) is 84.8 cm³/mol. The molecule has 130 valence electrons. The van der Waals surface area contributed by atoms with Crippen molar-refractivity contribution in [3.05, 3.63) is 53.1 Å². The van der Waals surface area contributed by atoms with E-state index in [1.54, 1.807) is 31.2 Å². The first-order valence-corrected chi connectivity index (χ1v) is 7.52. The van der Waals surface area contributed by atoms with Gasteiger partial charge in [-0.1, -0.05) is 12.1 Å². The first kappa shape index (κ1) is 16.7. The van der Waals surface area contributed by atoms with Gasteiger partial charge in [-0.2, -0.15) is 0 Å². The van der Waals surface area contributed by atoms with E-state index in [4.69, 9.17) is 23.9 Å². The summed E-state index contributed by atoms with van der Waals surface area (Å²) in [4.78, 5) is 15.1. The van der Waals surface area contributed by atoms with Gasteiger partial charge in [-0.05, 0) is 29.8 Å². The number of aryl methyl sites for hydroxylation is 1. The van der Waals surface area contributed by atoms with Crippen LogP contribution in [-0.4, -0.2) is 26.3 Å². The molecule has 8 nitrogen and oxygen atoms in total. The quantitative estimate of drug-likeness (QED) is 0.670. The molecule has 2 N–H and O–H groups in total. The number of ether oxygens (including phenoxy) is 1. The zero-order valence-electron chi connectivity index (χ0n) is 13.4. The van der Waals surface area contributed by atoms with Crippen molar-refractivity contribution in [3.63, 3.8) is 0 Å². The summed E-state index contributed by atoms with van der Waals surface area (Å²) in [6.07, 6.45) is -0.0302. The van der Waals surface area contributed by atoms with E-state index in [1.807, 2.05) is 0 Å². The Bertz CT molecular complexity index is 866. The number of carbonyl (C=O) groups is 1. The normalized spacial score (nSPS) is 10.8. The Labute approximate surface area is 142 Å². The Morgan fingerprint density at radius 2 is 2.04 bits per heavy atom. The third-order valence-electron chi connectivity index (χ3n) is 3.50. The van der Waals surface area contributed by atoms with Crippen LogP contribution >= 0.6 is 0 Å². The second-order valence-electron chi connectivity index (χ2n) is 5.37. The highest BCUT2D eigenvalue weighted by Crippen LogP contribution is 2.23. The molecule has 0 unspecified atom stereocenters. The number of aliphatic hydroxyl groups excluding tert-OH is 1. The zero-order valence-corrected chi connectivity index (χ0v) is 13.4. The first-order valence-electron chi connectivity index (χ1n) is 7.52. The van der Waals surface area contributed by atoms with Gasteiger partial charge in [-0.25, -0.2) is 4.98 Å². The second kappa shape index (κ2) is 7.18. The monoisotopic (exact) mass is 344 g/mol. The smallest absolute Gasteiger partial charge is 0.307 e. The van der Waals surface area contributed by atoms with Gasteiger partial charge in [0.1, 0.15) is 24.7 Å². The number of oxazole rings is 1. The van der Waals surface area contributed by atoms with Crippen LogP contribution in [0.5, 0.6) is 5.88 Å². The Kier molecular flexibility index (Phi) is 4.80. The highest BCUT2D eigenvalue weighted by molar-refractivity contribution is 5.70. The van der Waals surface area contributed by atoms with Crippen molar-refractivity contribution < 1.29 is 28.7 Å². The van der Waals surface area contributed by atoms with Crippen LogP contribution in [-0.2, 0) is 24.4 Å². The lowest BCUT2D eigenvalue weighted by molar-refractivity contribution is -0.136. The molecule has 0 saturated carbocycles. The van der Waals surface area contributed by atoms with E-state index in [0.29, 0.717) is 28.7 Å². The molecular formula is C17H16N2O6. The summed E-state index contributed by atoms with van der Waals surface area (Å²) in [7, 11) is 0. The molecule has 0 spiro atoms. The van der Waals surface area contributed by atoms with E-state index in [1.165, 1.54) is 6.07 Å². The standard InChI is InChI=1S/C17H16N2O6/c1-10-14(9-23-15-7-13(8-20)25-19-15)18-17(24-10)12-4-2-11(3-5-12)6-16(21)22/h2-5,7,20H,6,8-9H2,1H3,(H,21,22). The molecule has 1 aromatic carbocycles. The average Bonchev–Trinajstić information content (AvgIpc) is 3.19. The van der Waals surface area contributed by atoms with Crippen LogP contribution in [0.3, 0.4) is 0 Å². The summed E-state index contributed by atoms with van der Waals surface area (Å²) < 4.78 is 15.9. The number of aromatic nitrogens is 2. The van der Waals surface area contributed by atoms with Crippen LogP contribution in [0.25, 0.3) is 11.5 Å². The topological polar surface area (TPSA) is 119 Å². The molecule has 8 heteroatoms. The molecule has 3 rings (SSSR count). The van der Waals surface area contributed by atoms with Crippen molar-refractivity contribution in [2.45, 2.75) is 26.6 Å². The van der Waals surface area contributed by atoms with E-state index in [-0.39, 0.29) is 25.5 Å². The average molecular weight is 344 g/mol. The summed E-state index contributed by atoms with van der Waals surface area (Å²) >= 11 is 0. The van der Waals surface area contributed by atoms with Crippen molar-refractivity contribution in [1.82, 2.24) is 10.1 Å². The van der Waals surface area contributed by atoms with Gasteiger partial charge in [0, 0.05) is 11.6 Å². The molecule has 0 aliphatic carbocycles. The fraction of sp³-hybridized carbons (Fsp3) is 0.235. The number of carboxylic acids is 1. The number of carboxylic acid groups (broad SMARTS) is 1. The third kappa shape index (κ3) is 4.04. The summed E-state index contributed by atoms with van der Waals surface area (Å²) in [6, 6.07) is 8.48. The predicted octanol–water partition coefficient (Wildman–Crippen LogP) is 2.34. The fourth-order valence-electron chi connectivity index (χ4n) is 2.20. The van der Waals surface area contributed by atoms with E-state index in [0.717, 1.165) is 5.56 Å². The van der Waals surface area contributed by atoms with Crippen LogP contribution in [0, 0.1) is 6.92 Å². The molecular weight excluding hydrogens is 328 g/mol. The van der Waals surface area contributed by atoms with Crippen LogP contribution in [0.2, 0.25) is 0 Å². The Hall–Kier alpha value is -3.13. The molecule has 0 bridgehead atoms. The molecule has 0 saturated heterocycles. The van der Waals surface area contributed by atoms with Gasteiger partial charge < -0.3 is 23.9 Å². The Morgan fingerprint density at radius 3 is 2.68 bits per heavy atom. The van der Waals surface area contributed by atoms with Crippen LogP contribution in [0.1, 0.15) is 22.8 Å². The number of aliphatic hydroxyl groups is 1. The summed E-state index contributed by atoms with van der Waals surface area (Å²) in [5, 5.41) is 21.4. The lowest BCUT2D eigenvalue weighted by Gasteiger charge is -1.99. The molecule has 2 heterocycles. The van der Waals surface area contributed by atoms with E-state index >= 15 is 0 Å². The van der Waals surface area contributed by atoms with Gasteiger partial charge in [0.25, 0.3) is 5.88 Å². The van der Waals surface area contributed by atoms with E-state index in [2.05, 4.69) is 10.1 Å². The molecule has 0 atom stereocenters. The van der Waals surface area contributed by atoms with Crippen molar-refractivity contribution in [2.75, 3.05) is 0 Å². The van der Waals surface area contributed by atoms with Crippen molar-refractivity contribution in [3.8, 4) is 17.3 Å². The molecule has 0 radical (unpaired) electrons. The summed E-state index contributed by atoms with van der Waals surface area (Å²) in [5.74, 6) is 0.723. The van der Waals surface area contributed by atoms with Gasteiger partial charge in [-0.15, -0.1) is 0 Å². The Morgan fingerprint density at radius 1 is 1.28 bits per heavy atom. The molecule has 0 fully saturated rings. The third-order valence-corrected chi connectivity index (χ3v) is 3.50. The molecule has 3 aromatic rings. The highest BCUT2D eigenvalue weighted by Gasteiger charge is 2.13. The molecule has 0 amide bonds. The lowest BCUT2D eigenvalue weighted by Crippen LogP contribution is -1.99. The maximum Gasteiger partial charge on any atom is 0.307 e. The van der Waals surface area contributed by atoms with Gasteiger partial charge in [-0.3, -0.25) is 4.79 Å². The minimum atomic E-state index is -0.878. The van der Waals surface area contributed by atoms with Crippen molar-refractivity contribution in [2.24, 2.45) is 0 Å². The number of nitrogens with zero attached hydrogens (tertiary/aromatic N) is 2. The van der Waals surface area contributed by atoms with Gasteiger partial charge >= 0.3 is 5.97 Å². The summed E-state index contributed by atoms with van der Waals surface area (Å²) in [5.41, 5.74) is 2.06. The molecule has 2 aromatic heterocycles. The first-order chi connectivity index (χ1) is 12.0. The van der Waals surface area contributed by atoms with E-state index in [9.17, 15) is 4.79 Å². The largest absolute Gasteiger partial charge is 0.481 e. The van der Waals surface area contributed by atoms with Gasteiger partial charge in [0.2, 0.25) is 5.89 Å². The SMILES string of the molecule is Cc1oc(-c2ccc(CC(=O)O)cc2)nc1COc1cc(CO)on1. The van der Waals surface area contributed by atoms with Gasteiger partial charge in [0.05, 0.1) is 6.42 Å². The minimum absolute atomic E-state index is 0.0302. The van der Waals surface area contributed by atoms with Crippen molar-refractivity contribution in [1.29, 1.82) is 0 Å². The van der Waals surface area contributed by atoms with Crippen LogP contribution < -0.4 is 4.74 Å². The minimum Gasteiger partial charge on any atom is -0.481 e. The number of hydrogen-bond acceptors (Lipinski definition) is 7. The Balaban J connectivity index is 1.70. The highest BCUT2D eigenvalue weighted by atomic mass is 16.5. The van der Waals surface area contributed by atoms with Crippen LogP contribution in [0.15, 0.2) is 39.3 Å². The maximum absolute atomic E-state index is 10.7. The second-order valence-corrected chi connectivity index (χ2v) is 5.37. The van der Waals surface area contributed by atoms with Gasteiger partial charge in [0.15, 0.2) is 5.76 Å². The zero-order chi connectivity index (χ0) is 17.8. The molecule has 25 heavy (non-hydrogen) atoms. The number of aliphatic carboxylic acids is 1. The summed E-state index contributed by atoms with van der Waals surface area (Å²) in [6.45, 7) is 1.67. The van der Waals surface area contributed by atoms with E-state index < -0.39 is 5.97 Å². The van der Waals surface area contributed by atoms with Crippen molar-refractivity contribution >= 4 is 5.97 Å². The molecule has 0 aliphatic rings. The molecule has 0 aliphatic heterocycles. The maximum atomic E-state index is 10.7. The number of hydrogen-bond donors (Lipinski definition) is 2. The number of benzene rings is 1. The fourth-order valence-corrected chi connectivity index (χ4v) is 2.20.